The van der Waals surface area contributed by atoms with Gasteiger partial charge in [0.05, 0.1) is 20.4 Å². The number of halogens is 3. The summed E-state index contributed by atoms with van der Waals surface area (Å²) in [5.74, 6) is 0.903. The molecule has 6 heteroatoms. The Morgan fingerprint density at radius 2 is 1.67 bits per heavy atom. The van der Waals surface area contributed by atoms with Crippen molar-refractivity contribution in [1.82, 2.24) is 0 Å². The third kappa shape index (κ3) is 8.19. The molecule has 0 atom stereocenters. The second-order valence-electron chi connectivity index (χ2n) is 4.52. The molecule has 0 amide bonds. The monoisotopic (exact) mass is 628 g/mol. The van der Waals surface area contributed by atoms with Gasteiger partial charge < -0.3 is 9.47 Å². The number of rotatable bonds is 9. The fourth-order valence-corrected chi connectivity index (χ4v) is 5.69. The number of ether oxygens (including phenoxy) is 2. The summed E-state index contributed by atoms with van der Waals surface area (Å²) in [6.07, 6.45) is 4.57. The molecule has 0 radical (unpaired) electrons. The highest BCUT2D eigenvalue weighted by molar-refractivity contribution is 14.1. The highest BCUT2D eigenvalue weighted by Crippen LogP contribution is 2.29. The van der Waals surface area contributed by atoms with Gasteiger partial charge in [-0.3, -0.25) is 4.79 Å². The molecule has 0 aliphatic rings. The van der Waals surface area contributed by atoms with Crippen molar-refractivity contribution in [2.75, 3.05) is 13.2 Å². The number of benzene rings is 1. The van der Waals surface area contributed by atoms with Gasteiger partial charge in [0.25, 0.3) is 0 Å². The van der Waals surface area contributed by atoms with E-state index >= 15 is 0 Å². The topological polar surface area (TPSA) is 35.5 Å². The van der Waals surface area contributed by atoms with Gasteiger partial charge in [-0.2, -0.15) is 0 Å². The van der Waals surface area contributed by atoms with Crippen LogP contribution in [0.25, 0.3) is 0 Å². The van der Waals surface area contributed by atoms with Crippen LogP contribution in [0.5, 0.6) is 5.75 Å². The minimum Gasteiger partial charge on any atom is -0.491 e. The van der Waals surface area contributed by atoms with E-state index in [2.05, 4.69) is 79.9 Å². The third-order valence-corrected chi connectivity index (χ3v) is 5.02. The molecule has 0 N–H and O–H groups in total. The standard InChI is InChI=1S/C15H19I3O3/c1-2-20-14(19)7-5-3-4-6-8-21-15-12(17)9-11(16)10-13(15)18/h9-10H,2-8H2,1H3. The number of hydrogen-bond donors (Lipinski definition) is 0. The zero-order chi connectivity index (χ0) is 15.7. The Labute approximate surface area is 167 Å². The van der Waals surface area contributed by atoms with E-state index in [1.807, 2.05) is 6.92 Å². The maximum atomic E-state index is 11.2. The molecule has 21 heavy (non-hydrogen) atoms. The van der Waals surface area contributed by atoms with Crippen molar-refractivity contribution >= 4 is 73.7 Å². The lowest BCUT2D eigenvalue weighted by molar-refractivity contribution is -0.143. The average molecular weight is 628 g/mol. The molecule has 0 saturated carbocycles. The maximum Gasteiger partial charge on any atom is 0.305 e. The van der Waals surface area contributed by atoms with Crippen molar-refractivity contribution in [3.63, 3.8) is 0 Å². The summed E-state index contributed by atoms with van der Waals surface area (Å²) in [6, 6.07) is 4.25. The lowest BCUT2D eigenvalue weighted by Crippen LogP contribution is -2.04. The Morgan fingerprint density at radius 1 is 1.05 bits per heavy atom. The van der Waals surface area contributed by atoms with Crippen LogP contribution in [0.4, 0.5) is 0 Å². The van der Waals surface area contributed by atoms with Gasteiger partial charge in [0.15, 0.2) is 0 Å². The quantitative estimate of drug-likeness (QED) is 0.209. The van der Waals surface area contributed by atoms with E-state index in [-0.39, 0.29) is 5.97 Å². The molecule has 1 aromatic rings. The van der Waals surface area contributed by atoms with Crippen LogP contribution >= 0.6 is 67.8 Å². The molecule has 118 valence electrons. The van der Waals surface area contributed by atoms with Crippen LogP contribution in [0.1, 0.15) is 39.0 Å². The van der Waals surface area contributed by atoms with Crippen LogP contribution in [0.15, 0.2) is 12.1 Å². The molecule has 0 unspecified atom stereocenters. The fraction of sp³-hybridized carbons (Fsp3) is 0.533. The molecule has 0 aromatic heterocycles. The van der Waals surface area contributed by atoms with E-state index in [0.29, 0.717) is 13.0 Å². The summed E-state index contributed by atoms with van der Waals surface area (Å²) in [5, 5.41) is 0. The van der Waals surface area contributed by atoms with Gasteiger partial charge in [-0.05, 0) is 99.7 Å². The number of unbranched alkanes of at least 4 members (excludes halogenated alkanes) is 3. The lowest BCUT2D eigenvalue weighted by Gasteiger charge is -2.11. The number of esters is 1. The highest BCUT2D eigenvalue weighted by atomic mass is 127. The summed E-state index contributed by atoms with van der Waals surface area (Å²) in [6.45, 7) is 3.04. The SMILES string of the molecule is CCOC(=O)CCCCCCOc1c(I)cc(I)cc1I. The van der Waals surface area contributed by atoms with Gasteiger partial charge in [-0.25, -0.2) is 0 Å². The molecular weight excluding hydrogens is 609 g/mol. The number of carbonyl (C=O) groups excluding carboxylic acids is 1. The van der Waals surface area contributed by atoms with E-state index < -0.39 is 0 Å². The molecule has 0 aliphatic heterocycles. The molecule has 0 heterocycles. The first kappa shape index (κ1) is 19.7. The minimum atomic E-state index is -0.0863. The van der Waals surface area contributed by atoms with Crippen molar-refractivity contribution in [3.8, 4) is 5.75 Å². The van der Waals surface area contributed by atoms with Crippen molar-refractivity contribution in [3.05, 3.63) is 22.8 Å². The molecule has 0 saturated heterocycles. The van der Waals surface area contributed by atoms with Crippen molar-refractivity contribution in [1.29, 1.82) is 0 Å². The molecule has 0 spiro atoms. The van der Waals surface area contributed by atoms with E-state index in [1.165, 1.54) is 3.57 Å². The Bertz CT molecular complexity index is 440. The van der Waals surface area contributed by atoms with Crippen LogP contribution in [0, 0.1) is 10.7 Å². The summed E-state index contributed by atoms with van der Waals surface area (Å²) in [7, 11) is 0. The summed E-state index contributed by atoms with van der Waals surface area (Å²) < 4.78 is 14.3. The smallest absolute Gasteiger partial charge is 0.305 e. The number of hydrogen-bond acceptors (Lipinski definition) is 3. The second kappa shape index (κ2) is 11.3. The molecule has 1 rings (SSSR count). The van der Waals surface area contributed by atoms with Crippen LogP contribution in [0.2, 0.25) is 0 Å². The molecule has 0 fully saturated rings. The molecule has 0 aliphatic carbocycles. The predicted octanol–water partition coefficient (Wildman–Crippen LogP) is 5.39. The normalized spacial score (nSPS) is 10.5. The summed E-state index contributed by atoms with van der Waals surface area (Å²) in [5.41, 5.74) is 0. The predicted molar refractivity (Wildman–Crippen MR) is 110 cm³/mol. The third-order valence-electron chi connectivity index (χ3n) is 2.79. The lowest BCUT2D eigenvalue weighted by atomic mass is 10.1. The Balaban J connectivity index is 2.16. The Morgan fingerprint density at radius 3 is 2.29 bits per heavy atom. The maximum absolute atomic E-state index is 11.2. The zero-order valence-corrected chi connectivity index (χ0v) is 18.4. The van der Waals surface area contributed by atoms with E-state index in [4.69, 9.17) is 9.47 Å². The summed E-state index contributed by atoms with van der Waals surface area (Å²) >= 11 is 6.95. The van der Waals surface area contributed by atoms with E-state index in [1.54, 1.807) is 0 Å². The van der Waals surface area contributed by atoms with Gasteiger partial charge in [0.2, 0.25) is 0 Å². The molecule has 3 nitrogen and oxygen atoms in total. The Kier molecular flexibility index (Phi) is 10.6. The van der Waals surface area contributed by atoms with E-state index in [0.717, 1.165) is 45.2 Å². The number of carbonyl (C=O) groups is 1. The minimum absolute atomic E-state index is 0.0863. The fourth-order valence-electron chi connectivity index (χ4n) is 1.80. The van der Waals surface area contributed by atoms with Gasteiger partial charge in [-0.1, -0.05) is 12.8 Å². The summed E-state index contributed by atoms with van der Waals surface area (Å²) in [4.78, 5) is 11.2. The van der Waals surface area contributed by atoms with Crippen LogP contribution in [0.3, 0.4) is 0 Å². The van der Waals surface area contributed by atoms with Gasteiger partial charge in [-0.15, -0.1) is 0 Å². The first-order chi connectivity index (χ1) is 10.0. The zero-order valence-electron chi connectivity index (χ0n) is 12.0. The first-order valence-electron chi connectivity index (χ1n) is 6.97. The van der Waals surface area contributed by atoms with Crippen LogP contribution in [-0.4, -0.2) is 19.2 Å². The Hall–Kier alpha value is 0.680. The second-order valence-corrected chi connectivity index (χ2v) is 8.09. The highest BCUT2D eigenvalue weighted by Gasteiger charge is 2.07. The van der Waals surface area contributed by atoms with Crippen molar-refractivity contribution in [2.24, 2.45) is 0 Å². The van der Waals surface area contributed by atoms with Gasteiger partial charge >= 0.3 is 5.97 Å². The van der Waals surface area contributed by atoms with Gasteiger partial charge in [0, 0.05) is 9.99 Å². The average Bonchev–Trinajstić information content (AvgIpc) is 2.40. The van der Waals surface area contributed by atoms with Crippen LogP contribution in [-0.2, 0) is 9.53 Å². The largest absolute Gasteiger partial charge is 0.491 e. The van der Waals surface area contributed by atoms with Crippen molar-refractivity contribution < 1.29 is 14.3 Å². The molecular formula is C15H19I3O3. The van der Waals surface area contributed by atoms with Crippen LogP contribution < -0.4 is 4.74 Å². The van der Waals surface area contributed by atoms with Gasteiger partial charge in [0.1, 0.15) is 5.75 Å². The first-order valence-corrected chi connectivity index (χ1v) is 10.2. The van der Waals surface area contributed by atoms with E-state index in [9.17, 15) is 4.79 Å². The van der Waals surface area contributed by atoms with Crippen molar-refractivity contribution in [2.45, 2.75) is 39.0 Å². The molecule has 0 bridgehead atoms. The molecule has 1 aromatic carbocycles.